The molecule has 0 aliphatic rings. The van der Waals surface area contributed by atoms with Crippen LogP contribution < -0.4 is 21.2 Å². The molecule has 0 heterocycles. The molecule has 0 saturated heterocycles. The first-order chi connectivity index (χ1) is 18.9. The van der Waals surface area contributed by atoms with Gasteiger partial charge in [-0.3, -0.25) is 0 Å². The number of rotatable bonds is 4. The molecule has 0 bridgehead atoms. The molecule has 0 aromatic heterocycles. The van der Waals surface area contributed by atoms with E-state index in [9.17, 15) is 0 Å². The van der Waals surface area contributed by atoms with Gasteiger partial charge in [0.2, 0.25) is 0 Å². The summed E-state index contributed by atoms with van der Waals surface area (Å²) in [6.45, 7) is 27.0. The van der Waals surface area contributed by atoms with E-state index >= 15 is 0 Å². The quantitative estimate of drug-likeness (QED) is 0.138. The molecule has 4 rings (SSSR count). The van der Waals surface area contributed by atoms with Gasteiger partial charge in [-0.25, -0.2) is 0 Å². The van der Waals surface area contributed by atoms with Crippen LogP contribution >= 0.6 is 17.2 Å². The van der Waals surface area contributed by atoms with Crippen LogP contribution in [0.25, 0.3) is 0 Å². The van der Waals surface area contributed by atoms with Crippen LogP contribution in [0.5, 0.6) is 0 Å². The molecule has 0 N–H and O–H groups in total. The Hall–Kier alpha value is -2.78. The minimum Gasteiger partial charge on any atom is -0.0620 e. The second kappa shape index (κ2) is 46.1. The molecule has 0 aliphatic carbocycles. The zero-order chi connectivity index (χ0) is 29.9. The van der Waals surface area contributed by atoms with Crippen LogP contribution in [0.2, 0.25) is 0 Å². The second-order valence-corrected chi connectivity index (χ2v) is 9.18. The van der Waals surface area contributed by atoms with E-state index < -0.39 is 0 Å². The van der Waals surface area contributed by atoms with Gasteiger partial charge in [0.1, 0.15) is 0 Å². The zero-order valence-corrected chi connectivity index (χ0v) is 25.4. The van der Waals surface area contributed by atoms with Crippen LogP contribution in [0.1, 0.15) is 0 Å². The molecule has 0 fully saturated rings. The summed E-state index contributed by atoms with van der Waals surface area (Å²) in [4.78, 5) is 0. The van der Waals surface area contributed by atoms with Gasteiger partial charge in [-0.2, -0.15) is 0 Å². The van der Waals surface area contributed by atoms with Crippen molar-refractivity contribution in [3.8, 4) is 0 Å². The van der Waals surface area contributed by atoms with Gasteiger partial charge in [0, 0.05) is 34.1 Å². The van der Waals surface area contributed by atoms with Gasteiger partial charge < -0.3 is 0 Å². The van der Waals surface area contributed by atoms with Crippen LogP contribution in [0, 0.1) is 39.9 Å². The molecule has 4 aromatic rings. The summed E-state index contributed by atoms with van der Waals surface area (Å²) < 4.78 is 45.0. The molecule has 0 spiro atoms. The summed E-state index contributed by atoms with van der Waals surface area (Å²) in [5.41, 5.74) is 0. The van der Waals surface area contributed by atoms with E-state index in [1.165, 1.54) is 21.2 Å². The fourth-order valence-electron chi connectivity index (χ4n) is 2.58. The molecular formula is C30H24Fe2O6P2+2. The van der Waals surface area contributed by atoms with Crippen molar-refractivity contribution in [2.75, 3.05) is 0 Å². The number of hydrogen-bond acceptors (Lipinski definition) is 0. The third kappa shape index (κ3) is 29.8. The first kappa shape index (κ1) is 50.1. The van der Waals surface area contributed by atoms with Crippen LogP contribution in [-0.2, 0) is 62.1 Å². The van der Waals surface area contributed by atoms with E-state index in [2.05, 4.69) is 161 Å². The first-order valence-electron chi connectivity index (χ1n) is 10.0. The number of benzene rings is 4. The van der Waals surface area contributed by atoms with E-state index in [1.807, 2.05) is 0 Å². The molecule has 0 amide bonds. The van der Waals surface area contributed by atoms with Gasteiger partial charge in [-0.1, -0.05) is 72.8 Å². The van der Waals surface area contributed by atoms with E-state index in [1.54, 1.807) is 0 Å². The Morgan fingerprint density at radius 2 is 0.400 bits per heavy atom. The minimum absolute atomic E-state index is 0. The Morgan fingerprint density at radius 3 is 0.525 bits per heavy atom. The van der Waals surface area contributed by atoms with Gasteiger partial charge >= 0.3 is 67.8 Å². The summed E-state index contributed by atoms with van der Waals surface area (Å²) in [5, 5.41) is 5.81. The fraction of sp³-hybridized carbons (Fsp3) is 0. The fourth-order valence-corrected chi connectivity index (χ4v) is 5.01. The van der Waals surface area contributed by atoms with Gasteiger partial charge in [-0.15, -0.1) is 0 Å². The van der Waals surface area contributed by atoms with Crippen molar-refractivity contribution in [2.24, 2.45) is 0 Å². The topological polar surface area (TPSA) is 119 Å². The zero-order valence-electron chi connectivity index (χ0n) is 20.9. The average Bonchev–Trinajstić information content (AvgIpc) is 3.05. The third-order valence-corrected chi connectivity index (χ3v) is 6.74. The molecule has 10 heteroatoms. The molecule has 0 atom stereocenters. The van der Waals surface area contributed by atoms with Crippen molar-refractivity contribution in [1.82, 2.24) is 0 Å². The molecule has 0 radical (unpaired) electrons. The minimum atomic E-state index is 0. The van der Waals surface area contributed by atoms with Crippen molar-refractivity contribution in [3.05, 3.63) is 161 Å². The maximum Gasteiger partial charge on any atom is 0.0942 e. The maximum absolute atomic E-state index is 7.50. The molecule has 0 aliphatic heterocycles. The first-order valence-corrected chi connectivity index (χ1v) is 12.3. The third-order valence-electron chi connectivity index (χ3n) is 3.86. The van der Waals surface area contributed by atoms with Crippen LogP contribution in [0.4, 0.5) is 0 Å². The molecule has 6 nitrogen and oxygen atoms in total. The standard InChI is InChI=1S/2C12H11P.6CO.2Fe/c2*1-3-7-11(8-4-1)13-12-9-5-2-6-10-12;6*1-2;;/h2*1-10,13H;;;;;;;;/p+2. The molecule has 0 saturated carbocycles. The molecule has 204 valence electrons. The summed E-state index contributed by atoms with van der Waals surface area (Å²) in [6, 6.07) is 42.6. The van der Waals surface area contributed by atoms with Crippen LogP contribution in [-0.4, -0.2) is 0 Å². The summed E-state index contributed by atoms with van der Waals surface area (Å²) in [7, 11) is 0.543. The van der Waals surface area contributed by atoms with E-state index in [0.717, 1.165) is 0 Å². The van der Waals surface area contributed by atoms with Gasteiger partial charge in [0.25, 0.3) is 0 Å². The average molecular weight is 654 g/mol. The summed E-state index contributed by atoms with van der Waals surface area (Å²) in [6.07, 6.45) is 0. The Balaban J connectivity index is -0.000000102. The van der Waals surface area contributed by atoms with Gasteiger partial charge in [-0.05, 0) is 48.5 Å². The van der Waals surface area contributed by atoms with E-state index in [-0.39, 0.29) is 51.3 Å². The normalized spacial score (nSPS) is 6.70. The predicted octanol–water partition coefficient (Wildman–Crippen LogP) is 3.87. The number of hydrogen-bond donors (Lipinski definition) is 0. The monoisotopic (exact) mass is 654 g/mol. The Kier molecular flexibility index (Phi) is 57.7. The molecule has 0 unspecified atom stereocenters. The summed E-state index contributed by atoms with van der Waals surface area (Å²) >= 11 is 0. The SMILES string of the molecule is [C-]#[O+].[C-]#[O+].[C-]#[O+].[C-]#[O+].[C-]#[O+].[C-]#[O+].[Fe].[Fe].c1ccc([PH2+]c2ccccc2)cc1.c1ccc([PH2+]c2ccccc2)cc1. The van der Waals surface area contributed by atoms with E-state index in [4.69, 9.17) is 27.9 Å². The van der Waals surface area contributed by atoms with Gasteiger partial charge in [0.15, 0.2) is 0 Å². The van der Waals surface area contributed by atoms with Crippen molar-refractivity contribution in [2.45, 2.75) is 0 Å². The summed E-state index contributed by atoms with van der Waals surface area (Å²) in [5.74, 6) is 0. The smallest absolute Gasteiger partial charge is 0.0620 e. The Bertz CT molecular complexity index is 953. The van der Waals surface area contributed by atoms with Crippen LogP contribution in [0.15, 0.2) is 121 Å². The van der Waals surface area contributed by atoms with Crippen molar-refractivity contribution >= 4 is 38.4 Å². The van der Waals surface area contributed by atoms with Crippen molar-refractivity contribution in [3.63, 3.8) is 0 Å². The predicted molar refractivity (Wildman–Crippen MR) is 147 cm³/mol. The maximum atomic E-state index is 7.50. The molecular weight excluding hydrogens is 630 g/mol. The van der Waals surface area contributed by atoms with Gasteiger partial charge in [0.05, 0.1) is 38.4 Å². The van der Waals surface area contributed by atoms with Crippen LogP contribution in [0.3, 0.4) is 0 Å². The van der Waals surface area contributed by atoms with Crippen molar-refractivity contribution in [1.29, 1.82) is 0 Å². The largest absolute Gasteiger partial charge is 0.0942 e. The molecule has 40 heavy (non-hydrogen) atoms. The second-order valence-electron chi connectivity index (χ2n) is 5.93. The van der Waals surface area contributed by atoms with Crippen molar-refractivity contribution < 1.29 is 62.1 Å². The van der Waals surface area contributed by atoms with E-state index in [0.29, 0.717) is 0 Å². The Labute approximate surface area is 260 Å². The Morgan fingerprint density at radius 1 is 0.275 bits per heavy atom. The molecule has 4 aromatic carbocycles.